The van der Waals surface area contributed by atoms with E-state index in [0.29, 0.717) is 25.9 Å². The van der Waals surface area contributed by atoms with E-state index in [-0.39, 0.29) is 17.8 Å². The zero-order valence-electron chi connectivity index (χ0n) is 11.4. The Labute approximate surface area is 120 Å². The van der Waals surface area contributed by atoms with Crippen LogP contribution in [0.25, 0.3) is 0 Å². The van der Waals surface area contributed by atoms with Gasteiger partial charge in [0.1, 0.15) is 5.82 Å². The van der Waals surface area contributed by atoms with E-state index in [1.165, 1.54) is 0 Å². The highest BCUT2D eigenvalue weighted by Gasteiger charge is 2.33. The Hall–Kier alpha value is -2.05. The summed E-state index contributed by atoms with van der Waals surface area (Å²) < 4.78 is 37.8. The van der Waals surface area contributed by atoms with Gasteiger partial charge in [0.2, 0.25) is 5.91 Å². The van der Waals surface area contributed by atoms with Gasteiger partial charge in [-0.1, -0.05) is 6.08 Å². The van der Waals surface area contributed by atoms with Crippen molar-refractivity contribution in [1.29, 1.82) is 0 Å². The van der Waals surface area contributed by atoms with Gasteiger partial charge in [0.25, 0.3) is 0 Å². The molecule has 2 rings (SSSR count). The Kier molecular flexibility index (Phi) is 4.50. The number of halogens is 3. The first-order valence-electron chi connectivity index (χ1n) is 6.58. The number of carbonyl (C=O) groups excluding carboxylic acids is 1. The molecule has 1 amide bonds. The van der Waals surface area contributed by atoms with Gasteiger partial charge in [0.05, 0.1) is 11.6 Å². The smallest absolute Gasteiger partial charge is 0.352 e. The van der Waals surface area contributed by atoms with Crippen molar-refractivity contribution in [1.82, 2.24) is 10.3 Å². The molecule has 2 heterocycles. The van der Waals surface area contributed by atoms with Crippen molar-refractivity contribution in [2.45, 2.75) is 25.1 Å². The number of anilines is 1. The monoisotopic (exact) mass is 299 g/mol. The quantitative estimate of drug-likeness (QED) is 0.849. The summed E-state index contributed by atoms with van der Waals surface area (Å²) in [4.78, 5) is 17.1. The molecule has 0 bridgehead atoms. The Bertz CT molecular complexity index is 524. The molecule has 1 aliphatic rings. The van der Waals surface area contributed by atoms with Crippen LogP contribution in [0.5, 0.6) is 0 Å². The molecule has 1 aromatic heterocycles. The summed E-state index contributed by atoms with van der Waals surface area (Å²) >= 11 is 0. The van der Waals surface area contributed by atoms with Crippen molar-refractivity contribution in [2.75, 3.05) is 18.0 Å². The number of hydrogen-bond donors (Lipinski definition) is 1. The number of pyridine rings is 1. The molecule has 1 fully saturated rings. The fraction of sp³-hybridized carbons (Fsp3) is 0.429. The minimum Gasteiger partial charge on any atom is -0.352 e. The molecule has 21 heavy (non-hydrogen) atoms. The normalized spacial score (nSPS) is 15.5. The Morgan fingerprint density at radius 1 is 1.52 bits per heavy atom. The van der Waals surface area contributed by atoms with Crippen molar-refractivity contribution in [3.8, 4) is 0 Å². The average molecular weight is 299 g/mol. The lowest BCUT2D eigenvalue weighted by atomic mass is 10.1. The second-order valence-corrected chi connectivity index (χ2v) is 4.90. The van der Waals surface area contributed by atoms with Crippen molar-refractivity contribution < 1.29 is 18.0 Å². The van der Waals surface area contributed by atoms with Crippen LogP contribution in [0.4, 0.5) is 19.0 Å². The molecular formula is C14H16F3N3O. The lowest BCUT2D eigenvalue weighted by molar-refractivity contribution is -0.137. The molecule has 4 nitrogen and oxygen atoms in total. The fourth-order valence-electron chi connectivity index (χ4n) is 2.06. The largest absolute Gasteiger partial charge is 0.416 e. The highest BCUT2D eigenvalue weighted by molar-refractivity contribution is 5.76. The van der Waals surface area contributed by atoms with Crippen LogP contribution in [0.3, 0.4) is 0 Å². The second kappa shape index (κ2) is 6.15. The second-order valence-electron chi connectivity index (χ2n) is 4.90. The van der Waals surface area contributed by atoms with E-state index in [4.69, 9.17) is 0 Å². The molecule has 0 spiro atoms. The molecule has 114 valence electrons. The van der Waals surface area contributed by atoms with Crippen LogP contribution in [0.1, 0.15) is 18.4 Å². The van der Waals surface area contributed by atoms with E-state index in [9.17, 15) is 18.0 Å². The van der Waals surface area contributed by atoms with Crippen LogP contribution in [0, 0.1) is 0 Å². The minimum absolute atomic E-state index is 0.0429. The van der Waals surface area contributed by atoms with E-state index >= 15 is 0 Å². The zero-order valence-corrected chi connectivity index (χ0v) is 11.4. The Balaban J connectivity index is 1.87. The fourth-order valence-corrected chi connectivity index (χ4v) is 2.06. The SMILES string of the molecule is C=CCCC(=O)NC1CN(c2cc(C(F)(F)F)ccn2)C1. The topological polar surface area (TPSA) is 45.2 Å². The van der Waals surface area contributed by atoms with E-state index in [1.807, 2.05) is 0 Å². The molecule has 1 N–H and O–H groups in total. The van der Waals surface area contributed by atoms with Crippen LogP contribution in [-0.4, -0.2) is 30.0 Å². The van der Waals surface area contributed by atoms with Gasteiger partial charge in [0, 0.05) is 25.7 Å². The van der Waals surface area contributed by atoms with Gasteiger partial charge >= 0.3 is 6.18 Å². The molecule has 1 aliphatic heterocycles. The first-order valence-corrected chi connectivity index (χ1v) is 6.58. The summed E-state index contributed by atoms with van der Waals surface area (Å²) in [5.74, 6) is 0.206. The highest BCUT2D eigenvalue weighted by atomic mass is 19.4. The van der Waals surface area contributed by atoms with Gasteiger partial charge < -0.3 is 10.2 Å². The van der Waals surface area contributed by atoms with Gasteiger partial charge in [-0.3, -0.25) is 4.79 Å². The third-order valence-corrected chi connectivity index (χ3v) is 3.22. The number of aromatic nitrogens is 1. The van der Waals surface area contributed by atoms with Crippen LogP contribution >= 0.6 is 0 Å². The third-order valence-electron chi connectivity index (χ3n) is 3.22. The average Bonchev–Trinajstić information content (AvgIpc) is 2.39. The van der Waals surface area contributed by atoms with Crippen molar-refractivity contribution in [3.63, 3.8) is 0 Å². The number of rotatable bonds is 5. The lowest BCUT2D eigenvalue weighted by Gasteiger charge is -2.40. The van der Waals surface area contributed by atoms with Gasteiger partial charge in [0.15, 0.2) is 0 Å². The molecule has 7 heteroatoms. The molecule has 1 saturated heterocycles. The molecule has 0 atom stereocenters. The summed E-state index contributed by atoms with van der Waals surface area (Å²) in [5, 5.41) is 2.82. The number of alkyl halides is 3. The van der Waals surface area contributed by atoms with Crippen molar-refractivity contribution >= 4 is 11.7 Å². The van der Waals surface area contributed by atoms with E-state index in [1.54, 1.807) is 11.0 Å². The lowest BCUT2D eigenvalue weighted by Crippen LogP contribution is -2.59. The number of carbonyl (C=O) groups is 1. The number of nitrogens with zero attached hydrogens (tertiary/aromatic N) is 2. The third kappa shape index (κ3) is 3.96. The van der Waals surface area contributed by atoms with Crippen LogP contribution in [-0.2, 0) is 11.0 Å². The van der Waals surface area contributed by atoms with Gasteiger partial charge in [-0.25, -0.2) is 4.98 Å². The number of allylic oxidation sites excluding steroid dienone is 1. The zero-order chi connectivity index (χ0) is 15.5. The molecule has 0 radical (unpaired) electrons. The maximum Gasteiger partial charge on any atom is 0.416 e. The van der Waals surface area contributed by atoms with E-state index < -0.39 is 11.7 Å². The van der Waals surface area contributed by atoms with Gasteiger partial charge in [-0.05, 0) is 18.6 Å². The summed E-state index contributed by atoms with van der Waals surface area (Å²) in [6.45, 7) is 4.47. The Morgan fingerprint density at radius 3 is 2.86 bits per heavy atom. The summed E-state index contributed by atoms with van der Waals surface area (Å²) in [7, 11) is 0. The maximum absolute atomic E-state index is 12.6. The first-order chi connectivity index (χ1) is 9.90. The predicted octanol–water partition coefficient (Wildman–Crippen LogP) is 2.37. The van der Waals surface area contributed by atoms with E-state index in [0.717, 1.165) is 18.3 Å². The van der Waals surface area contributed by atoms with E-state index in [2.05, 4.69) is 16.9 Å². The molecule has 1 aromatic rings. The standard InChI is InChI=1S/C14H16F3N3O/c1-2-3-4-13(21)19-11-8-20(9-11)12-7-10(5-6-18-12)14(15,16)17/h2,5-7,11H,1,3-4,8-9H2,(H,19,21). The molecule has 0 aliphatic carbocycles. The van der Waals surface area contributed by atoms with Crippen LogP contribution in [0.15, 0.2) is 31.0 Å². The Morgan fingerprint density at radius 2 is 2.24 bits per heavy atom. The summed E-state index contributed by atoms with van der Waals surface area (Å²) in [6, 6.07) is 1.92. The van der Waals surface area contributed by atoms with Gasteiger partial charge in [-0.2, -0.15) is 13.2 Å². The van der Waals surface area contributed by atoms with Crippen LogP contribution < -0.4 is 10.2 Å². The number of nitrogens with one attached hydrogen (secondary N) is 1. The van der Waals surface area contributed by atoms with Crippen molar-refractivity contribution in [2.24, 2.45) is 0 Å². The predicted molar refractivity (Wildman–Crippen MR) is 72.8 cm³/mol. The number of amides is 1. The molecular weight excluding hydrogens is 283 g/mol. The maximum atomic E-state index is 12.6. The molecule has 0 unspecified atom stereocenters. The summed E-state index contributed by atoms with van der Waals surface area (Å²) in [6.07, 6.45) is -0.576. The van der Waals surface area contributed by atoms with Crippen molar-refractivity contribution in [3.05, 3.63) is 36.5 Å². The summed E-state index contributed by atoms with van der Waals surface area (Å²) in [5.41, 5.74) is -0.717. The first kappa shape index (κ1) is 15.3. The van der Waals surface area contributed by atoms with Crippen LogP contribution in [0.2, 0.25) is 0 Å². The molecule has 0 aromatic carbocycles. The van der Waals surface area contributed by atoms with Gasteiger partial charge in [-0.15, -0.1) is 6.58 Å². The highest BCUT2D eigenvalue weighted by Crippen LogP contribution is 2.31. The molecule has 0 saturated carbocycles. The minimum atomic E-state index is -4.37. The number of hydrogen-bond acceptors (Lipinski definition) is 3.